The van der Waals surface area contributed by atoms with Crippen LogP contribution in [0, 0.1) is 6.92 Å². The van der Waals surface area contributed by atoms with Gasteiger partial charge >= 0.3 is 0 Å². The molecule has 0 bridgehead atoms. The summed E-state index contributed by atoms with van der Waals surface area (Å²) in [4.78, 5) is 0. The van der Waals surface area contributed by atoms with Crippen molar-refractivity contribution in [1.82, 2.24) is 9.78 Å². The largest absolute Gasteiger partial charge is 0.409 e. The maximum absolute atomic E-state index is 8.93. The molecule has 2 aromatic rings. The van der Waals surface area contributed by atoms with Crippen molar-refractivity contribution in [1.29, 1.82) is 0 Å². The molecule has 0 aliphatic rings. The van der Waals surface area contributed by atoms with Crippen LogP contribution in [0.4, 0.5) is 0 Å². The lowest BCUT2D eigenvalue weighted by Crippen LogP contribution is -2.26. The number of nitrogens with zero attached hydrogens (tertiary/aromatic N) is 3. The van der Waals surface area contributed by atoms with Gasteiger partial charge in [0.1, 0.15) is 5.84 Å². The Hall–Kier alpha value is -2.01. The number of benzene rings is 1. The van der Waals surface area contributed by atoms with E-state index in [1.807, 2.05) is 37.3 Å². The van der Waals surface area contributed by atoms with Crippen LogP contribution in [0.3, 0.4) is 0 Å². The summed E-state index contributed by atoms with van der Waals surface area (Å²) in [6.45, 7) is 2.35. The Morgan fingerprint density at radius 1 is 1.47 bits per heavy atom. The third-order valence-electron chi connectivity index (χ3n) is 3.07. The van der Waals surface area contributed by atoms with Crippen molar-refractivity contribution in [3.63, 3.8) is 0 Å². The number of hydrogen-bond acceptors (Lipinski definition) is 3. The van der Waals surface area contributed by atoms with E-state index in [1.165, 1.54) is 0 Å². The van der Waals surface area contributed by atoms with Crippen molar-refractivity contribution in [3.05, 3.63) is 52.8 Å². The highest BCUT2D eigenvalue weighted by Crippen LogP contribution is 2.21. The minimum absolute atomic E-state index is 0.150. The van der Waals surface area contributed by atoms with Crippen molar-refractivity contribution in [2.24, 2.45) is 10.9 Å². The van der Waals surface area contributed by atoms with Crippen LogP contribution < -0.4 is 5.73 Å². The summed E-state index contributed by atoms with van der Waals surface area (Å²) in [5.41, 5.74) is 7.60. The first-order chi connectivity index (χ1) is 9.13. The Labute approximate surface area is 116 Å². The molecule has 0 aliphatic heterocycles. The molecule has 0 radical (unpaired) electrons. The summed E-state index contributed by atoms with van der Waals surface area (Å²) in [5, 5.41) is 16.8. The maximum Gasteiger partial charge on any atom is 0.148 e. The van der Waals surface area contributed by atoms with Gasteiger partial charge in [-0.15, -0.1) is 0 Å². The fraction of sp³-hybridized carbons (Fsp3) is 0.231. The van der Waals surface area contributed by atoms with Crippen molar-refractivity contribution >= 4 is 17.4 Å². The van der Waals surface area contributed by atoms with Gasteiger partial charge in [-0.3, -0.25) is 4.68 Å². The molecule has 0 aliphatic carbocycles. The smallest absolute Gasteiger partial charge is 0.148 e. The van der Waals surface area contributed by atoms with Crippen LogP contribution >= 0.6 is 11.6 Å². The second-order valence-electron chi connectivity index (χ2n) is 4.25. The van der Waals surface area contributed by atoms with Crippen molar-refractivity contribution in [3.8, 4) is 0 Å². The third-order valence-corrected chi connectivity index (χ3v) is 3.44. The molecule has 1 heterocycles. The van der Waals surface area contributed by atoms with Gasteiger partial charge in [-0.1, -0.05) is 47.1 Å². The van der Waals surface area contributed by atoms with Gasteiger partial charge in [-0.25, -0.2) is 0 Å². The number of hydrogen-bond donors (Lipinski definition) is 2. The highest BCUT2D eigenvalue weighted by molar-refractivity contribution is 6.31. The molecule has 6 heteroatoms. The first-order valence-corrected chi connectivity index (χ1v) is 6.21. The topological polar surface area (TPSA) is 76.4 Å². The Kier molecular flexibility index (Phi) is 4.06. The van der Waals surface area contributed by atoms with Crippen molar-refractivity contribution < 1.29 is 5.21 Å². The fourth-order valence-corrected chi connectivity index (χ4v) is 2.05. The molecule has 5 nitrogen and oxygen atoms in total. The number of amidine groups is 1. The van der Waals surface area contributed by atoms with Gasteiger partial charge in [0.05, 0.1) is 29.4 Å². The van der Waals surface area contributed by atoms with Crippen LogP contribution in [0.2, 0.25) is 5.02 Å². The van der Waals surface area contributed by atoms with Gasteiger partial charge in [-0.2, -0.15) is 5.10 Å². The standard InChI is InChI=1S/C13H15ClN4O/c1-9-12(14)7-16-18(9)8-11(13(15)17-19)10-5-3-2-4-6-10/h2-7,11,19H,8H2,1H3,(H2,15,17). The average molecular weight is 279 g/mol. The zero-order chi connectivity index (χ0) is 13.8. The van der Waals surface area contributed by atoms with Gasteiger partial charge in [0, 0.05) is 0 Å². The molecule has 1 unspecified atom stereocenters. The van der Waals surface area contributed by atoms with E-state index in [9.17, 15) is 0 Å². The monoisotopic (exact) mass is 278 g/mol. The summed E-state index contributed by atoms with van der Waals surface area (Å²) in [6, 6.07) is 9.61. The molecule has 3 N–H and O–H groups in total. The molecule has 19 heavy (non-hydrogen) atoms. The van der Waals surface area contributed by atoms with Crippen LogP contribution in [-0.4, -0.2) is 20.8 Å². The number of aromatic nitrogens is 2. The summed E-state index contributed by atoms with van der Waals surface area (Å²) in [7, 11) is 0. The lowest BCUT2D eigenvalue weighted by Gasteiger charge is -2.17. The summed E-state index contributed by atoms with van der Waals surface area (Å²) < 4.78 is 1.75. The minimum atomic E-state index is -0.249. The summed E-state index contributed by atoms with van der Waals surface area (Å²) >= 11 is 5.98. The molecular weight excluding hydrogens is 264 g/mol. The Balaban J connectivity index is 2.32. The normalized spacial score (nSPS) is 13.5. The van der Waals surface area contributed by atoms with E-state index in [0.29, 0.717) is 11.6 Å². The van der Waals surface area contributed by atoms with Crippen LogP contribution in [0.15, 0.2) is 41.7 Å². The second kappa shape index (κ2) is 5.75. The van der Waals surface area contributed by atoms with Crippen LogP contribution in [-0.2, 0) is 6.54 Å². The van der Waals surface area contributed by atoms with Crippen LogP contribution in [0.25, 0.3) is 0 Å². The zero-order valence-corrected chi connectivity index (χ0v) is 11.2. The van der Waals surface area contributed by atoms with Gasteiger partial charge in [-0.05, 0) is 12.5 Å². The predicted octanol–water partition coefficient (Wildman–Crippen LogP) is 2.38. The molecule has 0 fully saturated rings. The number of rotatable bonds is 4. The molecule has 2 rings (SSSR count). The van der Waals surface area contributed by atoms with Crippen LogP contribution in [0.1, 0.15) is 17.2 Å². The highest BCUT2D eigenvalue weighted by Gasteiger charge is 2.19. The van der Waals surface area contributed by atoms with E-state index in [4.69, 9.17) is 22.5 Å². The molecule has 0 saturated heterocycles. The first kappa shape index (κ1) is 13.4. The lowest BCUT2D eigenvalue weighted by molar-refractivity contribution is 0.315. The van der Waals surface area contributed by atoms with Crippen molar-refractivity contribution in [2.75, 3.05) is 0 Å². The molecule has 1 aromatic carbocycles. The van der Waals surface area contributed by atoms with E-state index in [-0.39, 0.29) is 11.8 Å². The molecule has 100 valence electrons. The van der Waals surface area contributed by atoms with E-state index >= 15 is 0 Å². The quantitative estimate of drug-likeness (QED) is 0.390. The molecule has 0 amide bonds. The zero-order valence-electron chi connectivity index (χ0n) is 10.5. The number of nitrogens with two attached hydrogens (primary N) is 1. The Bertz CT molecular complexity index is 580. The number of oxime groups is 1. The van der Waals surface area contributed by atoms with E-state index in [2.05, 4.69) is 10.3 Å². The molecule has 1 atom stereocenters. The van der Waals surface area contributed by atoms with Gasteiger partial charge in [0.15, 0.2) is 0 Å². The van der Waals surface area contributed by atoms with Gasteiger partial charge in [0.25, 0.3) is 0 Å². The van der Waals surface area contributed by atoms with Gasteiger partial charge in [0.2, 0.25) is 0 Å². The first-order valence-electron chi connectivity index (χ1n) is 5.83. The highest BCUT2D eigenvalue weighted by atomic mass is 35.5. The SMILES string of the molecule is Cc1c(Cl)cnn1CC(C(N)=NO)c1ccccc1. The molecular formula is C13H15ClN4O. The second-order valence-corrected chi connectivity index (χ2v) is 4.66. The van der Waals surface area contributed by atoms with E-state index in [0.717, 1.165) is 11.3 Å². The number of halogens is 1. The van der Waals surface area contributed by atoms with Crippen LogP contribution in [0.5, 0.6) is 0 Å². The molecule has 0 spiro atoms. The fourth-order valence-electron chi connectivity index (χ4n) is 1.91. The van der Waals surface area contributed by atoms with E-state index in [1.54, 1.807) is 10.9 Å². The van der Waals surface area contributed by atoms with Gasteiger partial charge < -0.3 is 10.9 Å². The summed E-state index contributed by atoms with van der Waals surface area (Å²) in [5.74, 6) is -0.0990. The molecule has 1 aromatic heterocycles. The average Bonchev–Trinajstić information content (AvgIpc) is 2.76. The lowest BCUT2D eigenvalue weighted by atomic mass is 9.98. The third kappa shape index (κ3) is 2.88. The summed E-state index contributed by atoms with van der Waals surface area (Å²) in [6.07, 6.45) is 1.59. The maximum atomic E-state index is 8.93. The predicted molar refractivity (Wildman–Crippen MR) is 74.6 cm³/mol. The Morgan fingerprint density at radius 2 is 2.16 bits per heavy atom. The Morgan fingerprint density at radius 3 is 2.68 bits per heavy atom. The van der Waals surface area contributed by atoms with Crippen molar-refractivity contribution in [2.45, 2.75) is 19.4 Å². The molecule has 0 saturated carbocycles. The van der Waals surface area contributed by atoms with E-state index < -0.39 is 0 Å². The minimum Gasteiger partial charge on any atom is -0.409 e.